The summed E-state index contributed by atoms with van der Waals surface area (Å²) in [6.45, 7) is 4.88. The van der Waals surface area contributed by atoms with Crippen molar-refractivity contribution >= 4 is 22.9 Å². The zero-order valence-electron chi connectivity index (χ0n) is 10.4. The summed E-state index contributed by atoms with van der Waals surface area (Å²) in [5, 5.41) is 9.07. The van der Waals surface area contributed by atoms with Gasteiger partial charge >= 0.3 is 0 Å². The topological polar surface area (TPSA) is 72.9 Å². The standard InChI is InChI=1S/C12H16N4OS/c1-3-16-11(10(13)8(2)15-16)12(17)14-7-9-5-4-6-18-9/h4-6H,3,7,13H2,1-2H3,(H,14,17). The van der Waals surface area contributed by atoms with Gasteiger partial charge in [-0.05, 0) is 25.3 Å². The second-order valence-corrected chi connectivity index (χ2v) is 4.96. The van der Waals surface area contributed by atoms with Crippen LogP contribution in [0.4, 0.5) is 5.69 Å². The highest BCUT2D eigenvalue weighted by atomic mass is 32.1. The van der Waals surface area contributed by atoms with Crippen molar-refractivity contribution in [2.24, 2.45) is 0 Å². The minimum atomic E-state index is -0.177. The number of carbonyl (C=O) groups excluding carboxylic acids is 1. The van der Waals surface area contributed by atoms with Crippen molar-refractivity contribution in [3.63, 3.8) is 0 Å². The lowest BCUT2D eigenvalue weighted by atomic mass is 10.3. The third kappa shape index (κ3) is 2.38. The van der Waals surface area contributed by atoms with E-state index in [1.165, 1.54) is 0 Å². The van der Waals surface area contributed by atoms with Crippen LogP contribution in [0.1, 0.15) is 28.0 Å². The maximum atomic E-state index is 12.1. The van der Waals surface area contributed by atoms with Crippen molar-refractivity contribution in [1.29, 1.82) is 0 Å². The van der Waals surface area contributed by atoms with E-state index in [2.05, 4.69) is 10.4 Å². The first-order valence-electron chi connectivity index (χ1n) is 5.77. The first-order chi connectivity index (χ1) is 8.63. The third-order valence-corrected chi connectivity index (χ3v) is 3.57. The number of nitrogen functional groups attached to an aromatic ring is 1. The molecule has 1 amide bonds. The lowest BCUT2D eigenvalue weighted by molar-refractivity contribution is 0.0941. The molecule has 0 fully saturated rings. The van der Waals surface area contributed by atoms with Crippen LogP contribution < -0.4 is 11.1 Å². The number of nitrogens with zero attached hydrogens (tertiary/aromatic N) is 2. The SMILES string of the molecule is CCn1nc(C)c(N)c1C(=O)NCc1cccs1. The van der Waals surface area contributed by atoms with Crippen molar-refractivity contribution in [3.05, 3.63) is 33.8 Å². The van der Waals surface area contributed by atoms with Gasteiger partial charge in [0.2, 0.25) is 0 Å². The first kappa shape index (κ1) is 12.6. The summed E-state index contributed by atoms with van der Waals surface area (Å²) < 4.78 is 1.63. The normalized spacial score (nSPS) is 10.6. The average molecular weight is 264 g/mol. The minimum absolute atomic E-state index is 0.177. The molecule has 0 aliphatic rings. The van der Waals surface area contributed by atoms with Crippen molar-refractivity contribution in [2.45, 2.75) is 26.9 Å². The van der Waals surface area contributed by atoms with E-state index in [4.69, 9.17) is 5.73 Å². The van der Waals surface area contributed by atoms with Crippen LogP contribution in [0, 0.1) is 6.92 Å². The van der Waals surface area contributed by atoms with Gasteiger partial charge in [-0.15, -0.1) is 11.3 Å². The summed E-state index contributed by atoms with van der Waals surface area (Å²) in [6.07, 6.45) is 0. The molecule has 2 heterocycles. The highest BCUT2D eigenvalue weighted by Gasteiger charge is 2.18. The van der Waals surface area contributed by atoms with Crippen LogP contribution in [0.15, 0.2) is 17.5 Å². The molecule has 6 heteroatoms. The molecule has 0 aliphatic carbocycles. The van der Waals surface area contributed by atoms with Gasteiger partial charge in [-0.2, -0.15) is 5.10 Å². The highest BCUT2D eigenvalue weighted by Crippen LogP contribution is 2.16. The fourth-order valence-corrected chi connectivity index (χ4v) is 2.37. The highest BCUT2D eigenvalue weighted by molar-refractivity contribution is 7.09. The molecule has 18 heavy (non-hydrogen) atoms. The predicted octanol–water partition coefficient (Wildman–Crippen LogP) is 1.79. The zero-order valence-corrected chi connectivity index (χ0v) is 11.3. The van der Waals surface area contributed by atoms with Gasteiger partial charge in [0.1, 0.15) is 5.69 Å². The first-order valence-corrected chi connectivity index (χ1v) is 6.65. The molecule has 96 valence electrons. The Morgan fingerprint density at radius 1 is 1.61 bits per heavy atom. The van der Waals surface area contributed by atoms with Crippen LogP contribution in [-0.2, 0) is 13.1 Å². The molecular weight excluding hydrogens is 248 g/mol. The third-order valence-electron chi connectivity index (χ3n) is 2.69. The Balaban J connectivity index is 2.13. The molecule has 0 radical (unpaired) electrons. The second-order valence-electron chi connectivity index (χ2n) is 3.93. The molecule has 2 aromatic heterocycles. The van der Waals surface area contributed by atoms with Gasteiger partial charge in [-0.1, -0.05) is 6.07 Å². The number of aromatic nitrogens is 2. The number of nitrogens with one attached hydrogen (secondary N) is 1. The van der Waals surface area contributed by atoms with E-state index in [1.54, 1.807) is 22.9 Å². The van der Waals surface area contributed by atoms with E-state index in [-0.39, 0.29) is 5.91 Å². The smallest absolute Gasteiger partial charge is 0.272 e. The molecule has 0 bridgehead atoms. The summed E-state index contributed by atoms with van der Waals surface area (Å²) in [5.41, 5.74) is 7.49. The Bertz CT molecular complexity index is 545. The van der Waals surface area contributed by atoms with E-state index < -0.39 is 0 Å². The quantitative estimate of drug-likeness (QED) is 0.884. The van der Waals surface area contributed by atoms with Gasteiger partial charge < -0.3 is 11.1 Å². The maximum absolute atomic E-state index is 12.1. The van der Waals surface area contributed by atoms with E-state index >= 15 is 0 Å². The van der Waals surface area contributed by atoms with Crippen LogP contribution >= 0.6 is 11.3 Å². The van der Waals surface area contributed by atoms with Gasteiger partial charge in [0, 0.05) is 11.4 Å². The number of hydrogen-bond acceptors (Lipinski definition) is 4. The molecule has 0 saturated carbocycles. The largest absolute Gasteiger partial charge is 0.395 e. The summed E-state index contributed by atoms with van der Waals surface area (Å²) >= 11 is 1.61. The molecule has 0 aliphatic heterocycles. The van der Waals surface area contributed by atoms with Crippen molar-refractivity contribution in [1.82, 2.24) is 15.1 Å². The van der Waals surface area contributed by atoms with Crippen molar-refractivity contribution < 1.29 is 4.79 Å². The number of hydrogen-bond donors (Lipinski definition) is 2. The summed E-state index contributed by atoms with van der Waals surface area (Å²) in [6, 6.07) is 3.94. The van der Waals surface area contributed by atoms with Gasteiger partial charge in [0.15, 0.2) is 0 Å². The second kappa shape index (κ2) is 5.22. The molecule has 2 aromatic rings. The van der Waals surface area contributed by atoms with Crippen LogP contribution in [0.5, 0.6) is 0 Å². The molecule has 0 aromatic carbocycles. The summed E-state index contributed by atoms with van der Waals surface area (Å²) in [7, 11) is 0. The Labute approximate surface area is 110 Å². The van der Waals surface area contributed by atoms with E-state index in [0.717, 1.165) is 4.88 Å². The number of anilines is 1. The number of nitrogens with two attached hydrogens (primary N) is 1. The maximum Gasteiger partial charge on any atom is 0.272 e. The summed E-state index contributed by atoms with van der Waals surface area (Å²) in [5.74, 6) is -0.177. The number of thiophene rings is 1. The molecule has 0 unspecified atom stereocenters. The van der Waals surface area contributed by atoms with Crippen molar-refractivity contribution in [2.75, 3.05) is 5.73 Å². The number of aryl methyl sites for hydroxylation is 2. The average Bonchev–Trinajstić information content (AvgIpc) is 2.96. The van der Waals surface area contributed by atoms with Crippen molar-refractivity contribution in [3.8, 4) is 0 Å². The van der Waals surface area contributed by atoms with Gasteiger partial charge in [0.05, 0.1) is 17.9 Å². The Morgan fingerprint density at radius 3 is 3.00 bits per heavy atom. The molecule has 5 nitrogen and oxygen atoms in total. The molecule has 2 rings (SSSR count). The molecule has 0 saturated heterocycles. The Kier molecular flexibility index (Phi) is 3.66. The number of rotatable bonds is 4. The fraction of sp³-hybridized carbons (Fsp3) is 0.333. The van der Waals surface area contributed by atoms with Gasteiger partial charge in [0.25, 0.3) is 5.91 Å². The number of amides is 1. The van der Waals surface area contributed by atoms with E-state index in [9.17, 15) is 4.79 Å². The van der Waals surface area contributed by atoms with Crippen LogP contribution in [0.3, 0.4) is 0 Å². The Morgan fingerprint density at radius 2 is 2.39 bits per heavy atom. The molecule has 0 atom stereocenters. The van der Waals surface area contributed by atoms with Gasteiger partial charge in [-0.3, -0.25) is 9.48 Å². The van der Waals surface area contributed by atoms with Gasteiger partial charge in [-0.25, -0.2) is 0 Å². The molecule has 0 spiro atoms. The van der Waals surface area contributed by atoms with Crippen LogP contribution in [-0.4, -0.2) is 15.7 Å². The molecule has 3 N–H and O–H groups in total. The number of carbonyl (C=O) groups is 1. The van der Waals surface area contributed by atoms with E-state index in [0.29, 0.717) is 30.2 Å². The lowest BCUT2D eigenvalue weighted by Gasteiger charge is -2.06. The van der Waals surface area contributed by atoms with E-state index in [1.807, 2.05) is 24.4 Å². The zero-order chi connectivity index (χ0) is 13.1. The van der Waals surface area contributed by atoms with Crippen LogP contribution in [0.2, 0.25) is 0 Å². The molecular formula is C12H16N4OS. The predicted molar refractivity (Wildman–Crippen MR) is 72.5 cm³/mol. The Hall–Kier alpha value is -1.82. The lowest BCUT2D eigenvalue weighted by Crippen LogP contribution is -2.26. The minimum Gasteiger partial charge on any atom is -0.395 e. The fourth-order valence-electron chi connectivity index (χ4n) is 1.73. The van der Waals surface area contributed by atoms with Crippen LogP contribution in [0.25, 0.3) is 0 Å². The summed E-state index contributed by atoms with van der Waals surface area (Å²) in [4.78, 5) is 13.2. The monoisotopic (exact) mass is 264 g/mol.